The minimum atomic E-state index is -3.25. The molecule has 0 saturated heterocycles. The summed E-state index contributed by atoms with van der Waals surface area (Å²) in [5, 5.41) is 0. The number of nitrogen functional groups attached to an aromatic ring is 1. The van der Waals surface area contributed by atoms with Crippen LogP contribution < -0.4 is 10.5 Å². The molecule has 21 heavy (non-hydrogen) atoms. The summed E-state index contributed by atoms with van der Waals surface area (Å²) in [4.78, 5) is 1.02. The fourth-order valence-electron chi connectivity index (χ4n) is 2.17. The maximum Gasteiger partial charge on any atom is 0.212 e. The number of hydrogen-bond acceptors (Lipinski definition) is 5. The highest BCUT2D eigenvalue weighted by molar-refractivity contribution is 8.00. The molecule has 5 nitrogen and oxygen atoms in total. The lowest BCUT2D eigenvalue weighted by molar-refractivity contribution is -0.0659. The monoisotopic (exact) mass is 330 g/mol. The third-order valence-corrected chi connectivity index (χ3v) is 6.41. The standard InChI is InChI=1S/C14H22N2O3S2/c1-19-14(7-2-8-14)11-16-21(17,18)10-9-20-13-5-3-12(15)4-6-13/h3-6,16H,2,7-11,15H2,1H3. The summed E-state index contributed by atoms with van der Waals surface area (Å²) in [6.45, 7) is 0.373. The average molecular weight is 330 g/mol. The first-order valence-corrected chi connectivity index (χ1v) is 9.59. The molecule has 1 aliphatic carbocycles. The Morgan fingerprint density at radius 1 is 1.33 bits per heavy atom. The molecule has 118 valence electrons. The molecular formula is C14H22N2O3S2. The van der Waals surface area contributed by atoms with Crippen molar-refractivity contribution in [3.8, 4) is 0 Å². The highest BCUT2D eigenvalue weighted by atomic mass is 32.2. The van der Waals surface area contributed by atoms with E-state index in [0.717, 1.165) is 24.2 Å². The Morgan fingerprint density at radius 3 is 2.52 bits per heavy atom. The molecule has 7 heteroatoms. The van der Waals surface area contributed by atoms with Crippen LogP contribution in [-0.2, 0) is 14.8 Å². The van der Waals surface area contributed by atoms with Gasteiger partial charge in [0.05, 0.1) is 11.4 Å². The van der Waals surface area contributed by atoms with Crippen molar-refractivity contribution >= 4 is 27.5 Å². The Kier molecular flexibility index (Phi) is 5.54. The minimum Gasteiger partial charge on any atom is -0.399 e. The first-order valence-electron chi connectivity index (χ1n) is 6.96. The van der Waals surface area contributed by atoms with Crippen LogP contribution in [0.5, 0.6) is 0 Å². The summed E-state index contributed by atoms with van der Waals surface area (Å²) in [7, 11) is -1.61. The van der Waals surface area contributed by atoms with Crippen LogP contribution in [0.4, 0.5) is 5.69 Å². The molecule has 0 aliphatic heterocycles. The second-order valence-corrected chi connectivity index (χ2v) is 8.39. The van der Waals surface area contributed by atoms with Crippen LogP contribution in [0.1, 0.15) is 19.3 Å². The number of anilines is 1. The zero-order valence-corrected chi connectivity index (χ0v) is 13.8. The van der Waals surface area contributed by atoms with Crippen molar-refractivity contribution in [2.75, 3.05) is 30.9 Å². The summed E-state index contributed by atoms with van der Waals surface area (Å²) < 4.78 is 32.0. The van der Waals surface area contributed by atoms with Gasteiger partial charge < -0.3 is 10.5 Å². The van der Waals surface area contributed by atoms with E-state index in [4.69, 9.17) is 10.5 Å². The van der Waals surface area contributed by atoms with Gasteiger partial charge in [-0.25, -0.2) is 13.1 Å². The number of benzene rings is 1. The molecule has 0 unspecified atom stereocenters. The van der Waals surface area contributed by atoms with E-state index in [0.29, 0.717) is 18.0 Å². The third kappa shape index (κ3) is 4.88. The highest BCUT2D eigenvalue weighted by Crippen LogP contribution is 2.34. The van der Waals surface area contributed by atoms with Crippen molar-refractivity contribution in [1.29, 1.82) is 0 Å². The molecule has 1 saturated carbocycles. The predicted octanol–water partition coefficient (Wildman–Crippen LogP) is 1.85. The lowest BCUT2D eigenvalue weighted by Gasteiger charge is -2.40. The predicted molar refractivity (Wildman–Crippen MR) is 87.0 cm³/mol. The molecule has 1 aliphatic rings. The zero-order chi connectivity index (χ0) is 15.3. The molecule has 0 radical (unpaired) electrons. The maximum atomic E-state index is 12.0. The summed E-state index contributed by atoms with van der Waals surface area (Å²) >= 11 is 1.51. The normalized spacial score (nSPS) is 17.4. The van der Waals surface area contributed by atoms with Crippen LogP contribution in [0, 0.1) is 0 Å². The van der Waals surface area contributed by atoms with E-state index in [1.165, 1.54) is 11.8 Å². The van der Waals surface area contributed by atoms with Gasteiger partial charge in [0, 0.05) is 30.0 Å². The quantitative estimate of drug-likeness (QED) is 0.561. The van der Waals surface area contributed by atoms with Crippen LogP contribution in [0.2, 0.25) is 0 Å². The molecule has 3 N–H and O–H groups in total. The molecule has 0 bridgehead atoms. The zero-order valence-electron chi connectivity index (χ0n) is 12.2. The van der Waals surface area contributed by atoms with Gasteiger partial charge in [-0.1, -0.05) is 0 Å². The summed E-state index contributed by atoms with van der Waals surface area (Å²) in [5.74, 6) is 0.612. The second kappa shape index (κ2) is 7.00. The van der Waals surface area contributed by atoms with E-state index >= 15 is 0 Å². The van der Waals surface area contributed by atoms with E-state index in [1.807, 2.05) is 24.3 Å². The lowest BCUT2D eigenvalue weighted by Crippen LogP contribution is -2.49. The lowest BCUT2D eigenvalue weighted by atomic mass is 9.80. The third-order valence-electron chi connectivity index (χ3n) is 3.81. The number of methoxy groups -OCH3 is 1. The van der Waals surface area contributed by atoms with Crippen LogP contribution >= 0.6 is 11.8 Å². The van der Waals surface area contributed by atoms with Gasteiger partial charge in [0.15, 0.2) is 0 Å². The Bertz CT molecular complexity index is 549. The first-order chi connectivity index (χ1) is 9.95. The van der Waals surface area contributed by atoms with Gasteiger partial charge in [-0.3, -0.25) is 0 Å². The molecule has 0 atom stereocenters. The van der Waals surface area contributed by atoms with Gasteiger partial charge in [-0.05, 0) is 43.5 Å². The highest BCUT2D eigenvalue weighted by Gasteiger charge is 2.37. The van der Waals surface area contributed by atoms with E-state index in [9.17, 15) is 8.42 Å². The minimum absolute atomic E-state index is 0.0990. The maximum absolute atomic E-state index is 12.0. The first kappa shape index (κ1) is 16.6. The van der Waals surface area contributed by atoms with E-state index < -0.39 is 10.0 Å². The molecule has 1 fully saturated rings. The number of ether oxygens (including phenoxy) is 1. The van der Waals surface area contributed by atoms with Crippen molar-refractivity contribution in [2.24, 2.45) is 0 Å². The van der Waals surface area contributed by atoms with Crippen molar-refractivity contribution in [3.05, 3.63) is 24.3 Å². The van der Waals surface area contributed by atoms with Crippen LogP contribution in [0.15, 0.2) is 29.2 Å². The molecule has 0 amide bonds. The average Bonchev–Trinajstić information content (AvgIpc) is 2.40. The van der Waals surface area contributed by atoms with Crippen molar-refractivity contribution in [2.45, 2.75) is 29.8 Å². The smallest absolute Gasteiger partial charge is 0.212 e. The van der Waals surface area contributed by atoms with Crippen molar-refractivity contribution in [1.82, 2.24) is 4.72 Å². The number of nitrogens with two attached hydrogens (primary N) is 1. The van der Waals surface area contributed by atoms with Gasteiger partial charge in [-0.15, -0.1) is 11.8 Å². The van der Waals surface area contributed by atoms with Gasteiger partial charge in [0.1, 0.15) is 0 Å². The van der Waals surface area contributed by atoms with Crippen LogP contribution in [0.25, 0.3) is 0 Å². The topological polar surface area (TPSA) is 81.4 Å². The Hall–Kier alpha value is -0.760. The van der Waals surface area contributed by atoms with E-state index in [-0.39, 0.29) is 11.4 Å². The summed E-state index contributed by atoms with van der Waals surface area (Å²) in [5.41, 5.74) is 6.04. The molecule has 0 heterocycles. The molecule has 0 aromatic heterocycles. The van der Waals surface area contributed by atoms with Gasteiger partial charge in [-0.2, -0.15) is 0 Å². The molecule has 0 spiro atoms. The molecule has 1 aromatic carbocycles. The summed E-state index contributed by atoms with van der Waals surface area (Å²) in [6.07, 6.45) is 2.95. The van der Waals surface area contributed by atoms with Crippen molar-refractivity contribution in [3.63, 3.8) is 0 Å². The number of sulfonamides is 1. The second-order valence-electron chi connectivity index (χ2n) is 5.30. The van der Waals surface area contributed by atoms with Crippen LogP contribution in [0.3, 0.4) is 0 Å². The summed E-state index contributed by atoms with van der Waals surface area (Å²) in [6, 6.07) is 7.42. The Labute approximate surface area is 130 Å². The molecular weight excluding hydrogens is 308 g/mol. The number of hydrogen-bond donors (Lipinski definition) is 2. The van der Waals surface area contributed by atoms with Gasteiger partial charge in [0.2, 0.25) is 10.0 Å². The fraction of sp³-hybridized carbons (Fsp3) is 0.571. The Morgan fingerprint density at radius 2 is 2.00 bits per heavy atom. The van der Waals surface area contributed by atoms with E-state index in [1.54, 1.807) is 7.11 Å². The largest absolute Gasteiger partial charge is 0.399 e. The van der Waals surface area contributed by atoms with Gasteiger partial charge >= 0.3 is 0 Å². The SMILES string of the molecule is COC1(CNS(=O)(=O)CCSc2ccc(N)cc2)CCC1. The van der Waals surface area contributed by atoms with Gasteiger partial charge in [0.25, 0.3) is 0 Å². The molecule has 1 aromatic rings. The van der Waals surface area contributed by atoms with E-state index in [2.05, 4.69) is 4.72 Å². The Balaban J connectivity index is 1.74. The number of thioether (sulfide) groups is 1. The molecule has 2 rings (SSSR count). The number of rotatable bonds is 8. The fourth-order valence-corrected chi connectivity index (χ4v) is 4.57. The van der Waals surface area contributed by atoms with Crippen LogP contribution in [-0.4, -0.2) is 39.2 Å². The number of nitrogens with one attached hydrogen (secondary N) is 1. The van der Waals surface area contributed by atoms with Crippen molar-refractivity contribution < 1.29 is 13.2 Å².